The fraction of sp³-hybridized carbons (Fsp3) is 0.167. The molecule has 0 aliphatic heterocycles. The van der Waals surface area contributed by atoms with Crippen LogP contribution in [0.1, 0.15) is 34.0 Å². The monoisotopic (exact) mass is 443 g/mol. The molecule has 1 atom stereocenters. The first kappa shape index (κ1) is 20.0. The Bertz CT molecular complexity index is 1410. The summed E-state index contributed by atoms with van der Waals surface area (Å²) in [5.74, 6) is -1.14. The van der Waals surface area contributed by atoms with E-state index in [4.69, 9.17) is 9.15 Å². The molecule has 2 aromatic carbocycles. The smallest absolute Gasteiger partial charge is 0.338 e. The highest BCUT2D eigenvalue weighted by Gasteiger charge is 2.27. The van der Waals surface area contributed by atoms with Gasteiger partial charge in [-0.1, -0.05) is 24.3 Å². The summed E-state index contributed by atoms with van der Waals surface area (Å²) >= 11 is 1.38. The van der Waals surface area contributed by atoms with Crippen molar-refractivity contribution in [3.63, 3.8) is 0 Å². The first-order chi connectivity index (χ1) is 15.5. The van der Waals surface area contributed by atoms with Crippen molar-refractivity contribution < 1.29 is 18.7 Å². The highest BCUT2D eigenvalue weighted by molar-refractivity contribution is 7.20. The summed E-state index contributed by atoms with van der Waals surface area (Å²) in [5, 5.41) is 13.0. The average molecular weight is 443 g/mol. The molecule has 0 saturated heterocycles. The van der Waals surface area contributed by atoms with Gasteiger partial charge in [0.15, 0.2) is 18.1 Å². The Morgan fingerprint density at radius 2 is 2.09 bits per heavy atom. The van der Waals surface area contributed by atoms with Gasteiger partial charge in [-0.05, 0) is 54.7 Å². The Morgan fingerprint density at radius 3 is 2.94 bits per heavy atom. The highest BCUT2D eigenvalue weighted by Crippen LogP contribution is 2.44. The average Bonchev–Trinajstić information content (AvgIpc) is 3.42. The lowest BCUT2D eigenvalue weighted by Crippen LogP contribution is -2.30. The molecule has 1 amide bonds. The molecule has 2 heterocycles. The topological polar surface area (TPSA) is 105 Å². The first-order valence-corrected chi connectivity index (χ1v) is 10.9. The van der Waals surface area contributed by atoms with E-state index in [0.717, 1.165) is 28.8 Å². The van der Waals surface area contributed by atoms with Crippen LogP contribution in [0.5, 0.6) is 0 Å². The number of nitrogens with one attached hydrogen (secondary N) is 1. The van der Waals surface area contributed by atoms with Gasteiger partial charge in [-0.15, -0.1) is 11.3 Å². The number of benzene rings is 2. The lowest BCUT2D eigenvalue weighted by atomic mass is 9.90. The molecule has 0 saturated carbocycles. The van der Waals surface area contributed by atoms with Crippen LogP contribution in [-0.4, -0.2) is 23.0 Å². The van der Waals surface area contributed by atoms with E-state index in [0.29, 0.717) is 21.7 Å². The number of anilines is 1. The molecular weight excluding hydrogens is 426 g/mol. The van der Waals surface area contributed by atoms with Crippen molar-refractivity contribution in [1.82, 2.24) is 4.98 Å². The zero-order valence-corrected chi connectivity index (χ0v) is 17.9. The minimum absolute atomic E-state index is 0.270. The van der Waals surface area contributed by atoms with Gasteiger partial charge in [-0.25, -0.2) is 9.78 Å². The maximum absolute atomic E-state index is 12.8. The second-order valence-electron chi connectivity index (χ2n) is 7.45. The van der Waals surface area contributed by atoms with E-state index in [2.05, 4.69) is 22.4 Å². The Balaban J connectivity index is 1.34. The zero-order chi connectivity index (χ0) is 22.2. The van der Waals surface area contributed by atoms with E-state index < -0.39 is 18.0 Å². The van der Waals surface area contributed by atoms with Crippen molar-refractivity contribution in [2.45, 2.75) is 25.9 Å². The van der Waals surface area contributed by atoms with E-state index in [1.54, 1.807) is 18.2 Å². The molecule has 158 valence electrons. The number of nitrogens with zero attached hydrogens (tertiary/aromatic N) is 2. The van der Waals surface area contributed by atoms with Gasteiger partial charge in [0.05, 0.1) is 11.1 Å². The number of aromatic nitrogens is 1. The largest absolute Gasteiger partial charge is 0.449 e. The standard InChI is InChI=1S/C24H17N3O4S/c1-13(31-24(29)15-7-9-20-19(10-15)26-12-30-20)22(28)27-23-18(11-25)17-8-6-14-4-2-3-5-16(14)21(17)32-23/h2-5,7,9-10,12-13H,6,8H2,1H3,(H,27,28). The lowest BCUT2D eigenvalue weighted by Gasteiger charge is -2.15. The van der Waals surface area contributed by atoms with Crippen LogP contribution in [-0.2, 0) is 22.4 Å². The molecule has 0 radical (unpaired) electrons. The Hall–Kier alpha value is -3.96. The molecule has 0 fully saturated rings. The number of esters is 1. The van der Waals surface area contributed by atoms with Crippen molar-refractivity contribution in [1.29, 1.82) is 5.26 Å². The Labute approximate surface area is 187 Å². The molecule has 1 unspecified atom stereocenters. The predicted octanol–water partition coefficient (Wildman–Crippen LogP) is 4.71. The van der Waals surface area contributed by atoms with Crippen molar-refractivity contribution in [2.24, 2.45) is 0 Å². The normalized spacial score (nSPS) is 13.0. The van der Waals surface area contributed by atoms with E-state index in [9.17, 15) is 14.9 Å². The number of hydrogen-bond acceptors (Lipinski definition) is 7. The number of thiophene rings is 1. The van der Waals surface area contributed by atoms with Gasteiger partial charge >= 0.3 is 5.97 Å². The minimum Gasteiger partial charge on any atom is -0.449 e. The third-order valence-electron chi connectivity index (χ3n) is 5.48. The molecule has 1 aliphatic rings. The fourth-order valence-electron chi connectivity index (χ4n) is 3.83. The molecule has 5 rings (SSSR count). The molecule has 8 heteroatoms. The second kappa shape index (κ2) is 7.94. The summed E-state index contributed by atoms with van der Waals surface area (Å²) < 4.78 is 10.5. The maximum atomic E-state index is 12.8. The van der Waals surface area contributed by atoms with Crippen molar-refractivity contribution in [3.05, 3.63) is 71.1 Å². The zero-order valence-electron chi connectivity index (χ0n) is 17.0. The number of fused-ring (bicyclic) bond motifs is 4. The number of carbonyl (C=O) groups is 2. The van der Waals surface area contributed by atoms with Gasteiger partial charge < -0.3 is 14.5 Å². The van der Waals surface area contributed by atoms with Gasteiger partial charge in [0, 0.05) is 4.88 Å². The van der Waals surface area contributed by atoms with Crippen molar-refractivity contribution in [3.8, 4) is 16.5 Å². The van der Waals surface area contributed by atoms with Crippen LogP contribution in [0.4, 0.5) is 5.00 Å². The predicted molar refractivity (Wildman–Crippen MR) is 119 cm³/mol. The summed E-state index contributed by atoms with van der Waals surface area (Å²) in [6.45, 7) is 1.50. The minimum atomic E-state index is -1.05. The Kier molecular flexibility index (Phi) is 4.96. The van der Waals surface area contributed by atoms with E-state index >= 15 is 0 Å². The van der Waals surface area contributed by atoms with E-state index in [1.807, 2.05) is 18.2 Å². The molecule has 0 bridgehead atoms. The highest BCUT2D eigenvalue weighted by atomic mass is 32.1. The number of oxazole rings is 1. The van der Waals surface area contributed by atoms with Gasteiger partial charge in [-0.2, -0.15) is 5.26 Å². The van der Waals surface area contributed by atoms with Crippen LogP contribution in [0.2, 0.25) is 0 Å². The quantitative estimate of drug-likeness (QED) is 0.458. The van der Waals surface area contributed by atoms with Crippen LogP contribution in [0.3, 0.4) is 0 Å². The molecule has 7 nitrogen and oxygen atoms in total. The molecule has 1 aliphatic carbocycles. The maximum Gasteiger partial charge on any atom is 0.338 e. The number of nitriles is 1. The van der Waals surface area contributed by atoms with E-state index in [1.165, 1.54) is 30.2 Å². The van der Waals surface area contributed by atoms with Crippen LogP contribution >= 0.6 is 11.3 Å². The van der Waals surface area contributed by atoms with Crippen LogP contribution in [0.15, 0.2) is 53.3 Å². The molecular formula is C24H17N3O4S. The SMILES string of the molecule is CC(OC(=O)c1ccc2ocnc2c1)C(=O)Nc1sc2c(c1C#N)CCc1ccccc1-2. The number of carbonyl (C=O) groups excluding carboxylic acids is 2. The fourth-order valence-corrected chi connectivity index (χ4v) is 5.09. The summed E-state index contributed by atoms with van der Waals surface area (Å²) in [5.41, 5.74) is 5.11. The number of aryl methyl sites for hydroxylation is 1. The molecule has 2 aromatic heterocycles. The van der Waals surface area contributed by atoms with Gasteiger partial charge in [0.1, 0.15) is 16.6 Å². The third kappa shape index (κ3) is 3.43. The molecule has 4 aromatic rings. The third-order valence-corrected chi connectivity index (χ3v) is 6.66. The second-order valence-corrected chi connectivity index (χ2v) is 8.48. The summed E-state index contributed by atoms with van der Waals surface area (Å²) in [6, 6.07) is 15.0. The summed E-state index contributed by atoms with van der Waals surface area (Å²) in [4.78, 5) is 30.3. The van der Waals surface area contributed by atoms with Gasteiger partial charge in [0.25, 0.3) is 5.91 Å². The van der Waals surface area contributed by atoms with Crippen molar-refractivity contribution >= 4 is 39.3 Å². The lowest BCUT2D eigenvalue weighted by molar-refractivity contribution is -0.123. The van der Waals surface area contributed by atoms with Crippen LogP contribution in [0, 0.1) is 11.3 Å². The summed E-state index contributed by atoms with van der Waals surface area (Å²) in [7, 11) is 0. The molecule has 1 N–H and O–H groups in total. The number of hydrogen-bond donors (Lipinski definition) is 1. The van der Waals surface area contributed by atoms with E-state index in [-0.39, 0.29) is 5.56 Å². The number of amides is 1. The Morgan fingerprint density at radius 1 is 1.25 bits per heavy atom. The van der Waals surface area contributed by atoms with Gasteiger partial charge in [0.2, 0.25) is 0 Å². The number of rotatable bonds is 4. The van der Waals surface area contributed by atoms with Crippen LogP contribution < -0.4 is 5.32 Å². The number of ether oxygens (including phenoxy) is 1. The summed E-state index contributed by atoms with van der Waals surface area (Å²) in [6.07, 6.45) is 1.85. The first-order valence-electron chi connectivity index (χ1n) is 10.0. The van der Waals surface area contributed by atoms with Gasteiger partial charge in [-0.3, -0.25) is 4.79 Å². The molecule has 0 spiro atoms. The molecule has 32 heavy (non-hydrogen) atoms. The van der Waals surface area contributed by atoms with Crippen LogP contribution in [0.25, 0.3) is 21.5 Å². The van der Waals surface area contributed by atoms with Crippen molar-refractivity contribution in [2.75, 3.05) is 5.32 Å².